The molecule has 2 heterocycles. The van der Waals surface area contributed by atoms with Crippen molar-refractivity contribution in [2.24, 2.45) is 17.3 Å². The van der Waals surface area contributed by atoms with E-state index in [1.54, 1.807) is 4.90 Å². The Morgan fingerprint density at radius 1 is 1.42 bits per heavy atom. The third-order valence-electron chi connectivity index (χ3n) is 4.43. The van der Waals surface area contributed by atoms with Gasteiger partial charge in [0.1, 0.15) is 0 Å². The molecule has 0 aliphatic carbocycles. The molecule has 2 saturated heterocycles. The first-order valence-electron chi connectivity index (χ1n) is 7.18. The maximum atomic E-state index is 11.1. The second kappa shape index (κ2) is 5.67. The summed E-state index contributed by atoms with van der Waals surface area (Å²) in [5.41, 5.74) is 0.111. The normalized spacial score (nSPS) is 29.1. The molecule has 0 aromatic rings. The molecule has 5 nitrogen and oxygen atoms in total. The van der Waals surface area contributed by atoms with Crippen molar-refractivity contribution in [3.05, 3.63) is 0 Å². The molecule has 0 radical (unpaired) electrons. The summed E-state index contributed by atoms with van der Waals surface area (Å²) in [4.78, 5) is 12.7. The van der Waals surface area contributed by atoms with Crippen LogP contribution in [-0.2, 0) is 4.74 Å². The fourth-order valence-electron chi connectivity index (χ4n) is 2.99. The Labute approximate surface area is 115 Å². The number of carbonyl (C=O) groups is 1. The SMILES string of the molecule is CC(C)(C)C1CN(C(=O)O)CCC1COC1CNC1. The van der Waals surface area contributed by atoms with Crippen molar-refractivity contribution in [1.29, 1.82) is 0 Å². The summed E-state index contributed by atoms with van der Waals surface area (Å²) in [6, 6.07) is 0. The van der Waals surface area contributed by atoms with Gasteiger partial charge in [-0.2, -0.15) is 0 Å². The van der Waals surface area contributed by atoms with Gasteiger partial charge in [-0.3, -0.25) is 0 Å². The van der Waals surface area contributed by atoms with Crippen LogP contribution in [0.4, 0.5) is 4.79 Å². The van der Waals surface area contributed by atoms with Gasteiger partial charge in [-0.05, 0) is 23.7 Å². The van der Waals surface area contributed by atoms with Gasteiger partial charge in [0.2, 0.25) is 0 Å². The topological polar surface area (TPSA) is 61.8 Å². The molecule has 0 aromatic carbocycles. The Morgan fingerprint density at radius 3 is 2.58 bits per heavy atom. The molecule has 1 amide bonds. The van der Waals surface area contributed by atoms with Crippen LogP contribution in [0.5, 0.6) is 0 Å². The first-order chi connectivity index (χ1) is 8.88. The average Bonchev–Trinajstić information content (AvgIpc) is 2.25. The van der Waals surface area contributed by atoms with Crippen LogP contribution in [-0.4, -0.2) is 55.0 Å². The predicted octanol–water partition coefficient (Wildman–Crippen LogP) is 1.64. The zero-order chi connectivity index (χ0) is 14.0. The molecule has 2 atom stereocenters. The Balaban J connectivity index is 1.93. The number of ether oxygens (including phenoxy) is 1. The highest BCUT2D eigenvalue weighted by molar-refractivity contribution is 5.65. The molecule has 5 heteroatoms. The van der Waals surface area contributed by atoms with Crippen molar-refractivity contribution in [3.8, 4) is 0 Å². The fraction of sp³-hybridized carbons (Fsp3) is 0.929. The Morgan fingerprint density at radius 2 is 2.11 bits per heavy atom. The number of nitrogens with one attached hydrogen (secondary N) is 1. The first kappa shape index (κ1) is 14.6. The molecule has 2 aliphatic heterocycles. The van der Waals surface area contributed by atoms with Crippen molar-refractivity contribution in [3.63, 3.8) is 0 Å². The van der Waals surface area contributed by atoms with E-state index < -0.39 is 6.09 Å². The van der Waals surface area contributed by atoms with Gasteiger partial charge in [0.05, 0.1) is 12.7 Å². The van der Waals surface area contributed by atoms with Crippen LogP contribution in [0.25, 0.3) is 0 Å². The van der Waals surface area contributed by atoms with E-state index in [0.29, 0.717) is 31.0 Å². The molecule has 0 bridgehead atoms. The van der Waals surface area contributed by atoms with Gasteiger partial charge in [0.15, 0.2) is 0 Å². The van der Waals surface area contributed by atoms with E-state index in [0.717, 1.165) is 26.1 Å². The summed E-state index contributed by atoms with van der Waals surface area (Å²) < 4.78 is 5.91. The van der Waals surface area contributed by atoms with E-state index in [4.69, 9.17) is 9.84 Å². The number of hydrogen-bond donors (Lipinski definition) is 2. The van der Waals surface area contributed by atoms with Crippen LogP contribution in [0.1, 0.15) is 27.2 Å². The molecular formula is C14H26N2O3. The maximum Gasteiger partial charge on any atom is 0.407 e. The Bertz CT molecular complexity index is 323. The van der Waals surface area contributed by atoms with Crippen LogP contribution < -0.4 is 5.32 Å². The maximum absolute atomic E-state index is 11.1. The highest BCUT2D eigenvalue weighted by atomic mass is 16.5. The van der Waals surface area contributed by atoms with E-state index in [9.17, 15) is 4.79 Å². The summed E-state index contributed by atoms with van der Waals surface area (Å²) in [5.74, 6) is 0.835. The second-order valence-corrected chi connectivity index (χ2v) is 6.86. The summed E-state index contributed by atoms with van der Waals surface area (Å²) in [6.45, 7) is 10.5. The van der Waals surface area contributed by atoms with E-state index in [-0.39, 0.29) is 5.41 Å². The smallest absolute Gasteiger partial charge is 0.407 e. The molecule has 2 unspecified atom stereocenters. The lowest BCUT2D eigenvalue weighted by Crippen LogP contribution is -2.52. The standard InChI is InChI=1S/C14H26N2O3/c1-14(2,3)12-8-16(13(17)18)5-4-10(12)9-19-11-6-15-7-11/h10-12,15H,4-9H2,1-3H3,(H,17,18). The predicted molar refractivity (Wildman–Crippen MR) is 73.3 cm³/mol. The van der Waals surface area contributed by atoms with Crippen molar-refractivity contribution in [2.45, 2.75) is 33.3 Å². The largest absolute Gasteiger partial charge is 0.465 e. The summed E-state index contributed by atoms with van der Waals surface area (Å²) >= 11 is 0. The Hall–Kier alpha value is -0.810. The number of likely N-dealkylation sites (tertiary alicyclic amines) is 1. The zero-order valence-corrected chi connectivity index (χ0v) is 12.2. The molecular weight excluding hydrogens is 244 g/mol. The van der Waals surface area contributed by atoms with E-state index >= 15 is 0 Å². The minimum absolute atomic E-state index is 0.111. The first-order valence-corrected chi connectivity index (χ1v) is 7.18. The quantitative estimate of drug-likeness (QED) is 0.818. The third kappa shape index (κ3) is 3.60. The lowest BCUT2D eigenvalue weighted by Gasteiger charge is -2.44. The Kier molecular flexibility index (Phi) is 4.36. The van der Waals surface area contributed by atoms with Crippen LogP contribution in [0, 0.1) is 17.3 Å². The zero-order valence-electron chi connectivity index (χ0n) is 12.2. The average molecular weight is 270 g/mol. The van der Waals surface area contributed by atoms with E-state index in [2.05, 4.69) is 26.1 Å². The van der Waals surface area contributed by atoms with Crippen LogP contribution in [0.3, 0.4) is 0 Å². The summed E-state index contributed by atoms with van der Waals surface area (Å²) in [7, 11) is 0. The van der Waals surface area contributed by atoms with Crippen LogP contribution in [0.2, 0.25) is 0 Å². The highest BCUT2D eigenvalue weighted by Gasteiger charge is 2.38. The number of nitrogens with zero attached hydrogens (tertiary/aromatic N) is 1. The molecule has 0 aromatic heterocycles. The van der Waals surface area contributed by atoms with Crippen LogP contribution >= 0.6 is 0 Å². The molecule has 2 fully saturated rings. The van der Waals surface area contributed by atoms with Crippen molar-refractivity contribution in [1.82, 2.24) is 10.2 Å². The molecule has 0 saturated carbocycles. The number of hydrogen-bond acceptors (Lipinski definition) is 3. The molecule has 110 valence electrons. The highest BCUT2D eigenvalue weighted by Crippen LogP contribution is 2.37. The van der Waals surface area contributed by atoms with Crippen molar-refractivity contribution >= 4 is 6.09 Å². The molecule has 0 spiro atoms. The van der Waals surface area contributed by atoms with E-state index in [1.165, 1.54) is 0 Å². The summed E-state index contributed by atoms with van der Waals surface area (Å²) in [5, 5.41) is 12.4. The molecule has 2 rings (SSSR count). The minimum atomic E-state index is -0.795. The van der Waals surface area contributed by atoms with E-state index in [1.807, 2.05) is 0 Å². The lowest BCUT2D eigenvalue weighted by atomic mass is 9.70. The van der Waals surface area contributed by atoms with Crippen LogP contribution in [0.15, 0.2) is 0 Å². The minimum Gasteiger partial charge on any atom is -0.465 e. The van der Waals surface area contributed by atoms with Gasteiger partial charge in [-0.15, -0.1) is 0 Å². The molecule has 2 N–H and O–H groups in total. The number of piperidine rings is 1. The van der Waals surface area contributed by atoms with Gasteiger partial charge in [-0.25, -0.2) is 4.79 Å². The fourth-order valence-corrected chi connectivity index (χ4v) is 2.99. The van der Waals surface area contributed by atoms with Crippen molar-refractivity contribution < 1.29 is 14.6 Å². The number of amides is 1. The van der Waals surface area contributed by atoms with Gasteiger partial charge < -0.3 is 20.1 Å². The number of carboxylic acid groups (broad SMARTS) is 1. The van der Waals surface area contributed by atoms with Gasteiger partial charge in [0.25, 0.3) is 0 Å². The summed E-state index contributed by atoms with van der Waals surface area (Å²) in [6.07, 6.45) is 0.476. The number of rotatable bonds is 3. The van der Waals surface area contributed by atoms with Gasteiger partial charge in [-0.1, -0.05) is 20.8 Å². The van der Waals surface area contributed by atoms with Gasteiger partial charge >= 0.3 is 6.09 Å². The lowest BCUT2D eigenvalue weighted by molar-refractivity contribution is -0.0460. The molecule has 19 heavy (non-hydrogen) atoms. The molecule has 2 aliphatic rings. The van der Waals surface area contributed by atoms with Gasteiger partial charge in [0, 0.05) is 26.2 Å². The van der Waals surface area contributed by atoms with Crippen molar-refractivity contribution in [2.75, 3.05) is 32.8 Å². The monoisotopic (exact) mass is 270 g/mol. The third-order valence-corrected chi connectivity index (χ3v) is 4.43. The second-order valence-electron chi connectivity index (χ2n) is 6.86.